The highest BCUT2D eigenvalue weighted by Crippen LogP contribution is 2.19. The first kappa shape index (κ1) is 19.8. The van der Waals surface area contributed by atoms with Gasteiger partial charge in [-0.2, -0.15) is 4.31 Å². The number of rotatable bonds is 4. The number of sulfonamides is 1. The lowest BCUT2D eigenvalue weighted by atomic mass is 10.3. The molecule has 1 fully saturated rings. The summed E-state index contributed by atoms with van der Waals surface area (Å²) in [7, 11) is -3.00. The Kier molecular flexibility index (Phi) is 6.87. The monoisotopic (exact) mass is 369 g/mol. The second-order valence-corrected chi connectivity index (χ2v) is 6.98. The molecular formula is C13H18ClF2N3O3S. The quantitative estimate of drug-likeness (QED) is 0.836. The third kappa shape index (κ3) is 4.60. The van der Waals surface area contributed by atoms with E-state index in [1.807, 2.05) is 0 Å². The fourth-order valence-corrected chi connectivity index (χ4v) is 3.30. The zero-order valence-corrected chi connectivity index (χ0v) is 14.1. The Morgan fingerprint density at radius 1 is 1.30 bits per heavy atom. The van der Waals surface area contributed by atoms with Gasteiger partial charge in [0.1, 0.15) is 16.5 Å². The fourth-order valence-electron chi connectivity index (χ4n) is 2.14. The smallest absolute Gasteiger partial charge is 0.246 e. The van der Waals surface area contributed by atoms with Crippen LogP contribution < -0.4 is 5.32 Å². The summed E-state index contributed by atoms with van der Waals surface area (Å²) in [5, 5.41) is 3.08. The van der Waals surface area contributed by atoms with Crippen LogP contribution in [0.1, 0.15) is 0 Å². The molecule has 1 saturated heterocycles. The van der Waals surface area contributed by atoms with Gasteiger partial charge in [0.05, 0.1) is 6.54 Å². The van der Waals surface area contributed by atoms with Gasteiger partial charge in [-0.3, -0.25) is 4.79 Å². The SMILES string of the molecule is CN(CC(=O)N1CCNCC1)S(=O)(=O)c1ccc(F)cc1F.Cl. The van der Waals surface area contributed by atoms with E-state index in [0.717, 1.165) is 16.4 Å². The highest BCUT2D eigenvalue weighted by Gasteiger charge is 2.28. The number of hydrogen-bond donors (Lipinski definition) is 1. The molecule has 1 aromatic carbocycles. The number of benzene rings is 1. The predicted molar refractivity (Wildman–Crippen MR) is 82.9 cm³/mol. The van der Waals surface area contributed by atoms with Crippen molar-refractivity contribution in [3.05, 3.63) is 29.8 Å². The van der Waals surface area contributed by atoms with Crippen LogP contribution in [-0.2, 0) is 14.8 Å². The first-order valence-corrected chi connectivity index (χ1v) is 8.16. The molecule has 0 radical (unpaired) electrons. The van der Waals surface area contributed by atoms with E-state index in [1.165, 1.54) is 7.05 Å². The van der Waals surface area contributed by atoms with Gasteiger partial charge >= 0.3 is 0 Å². The van der Waals surface area contributed by atoms with Crippen LogP contribution in [0.3, 0.4) is 0 Å². The van der Waals surface area contributed by atoms with Crippen molar-refractivity contribution in [1.82, 2.24) is 14.5 Å². The van der Waals surface area contributed by atoms with E-state index < -0.39 is 26.6 Å². The average Bonchev–Trinajstić information content (AvgIpc) is 2.47. The molecule has 1 heterocycles. The molecular weight excluding hydrogens is 352 g/mol. The van der Waals surface area contributed by atoms with Gasteiger partial charge in [0.25, 0.3) is 0 Å². The summed E-state index contributed by atoms with van der Waals surface area (Å²) in [5.74, 6) is -2.40. The second-order valence-electron chi connectivity index (χ2n) is 4.97. The molecule has 0 spiro atoms. The van der Waals surface area contributed by atoms with Gasteiger partial charge < -0.3 is 10.2 Å². The Balaban J connectivity index is 0.00000264. The molecule has 1 aliphatic heterocycles. The highest BCUT2D eigenvalue weighted by molar-refractivity contribution is 7.89. The highest BCUT2D eigenvalue weighted by atomic mass is 35.5. The molecule has 23 heavy (non-hydrogen) atoms. The fraction of sp³-hybridized carbons (Fsp3) is 0.462. The zero-order chi connectivity index (χ0) is 16.3. The number of nitrogens with one attached hydrogen (secondary N) is 1. The number of piperazine rings is 1. The van der Waals surface area contributed by atoms with Crippen molar-refractivity contribution in [2.24, 2.45) is 0 Å². The molecule has 2 rings (SSSR count). The molecule has 0 atom stereocenters. The number of carbonyl (C=O) groups excluding carboxylic acids is 1. The summed E-state index contributed by atoms with van der Waals surface area (Å²) >= 11 is 0. The Hall–Kier alpha value is -1.29. The van der Waals surface area contributed by atoms with Crippen molar-refractivity contribution < 1.29 is 22.0 Å². The number of nitrogens with zero attached hydrogens (tertiary/aromatic N) is 2. The minimum Gasteiger partial charge on any atom is -0.339 e. The van der Waals surface area contributed by atoms with E-state index in [9.17, 15) is 22.0 Å². The summed E-state index contributed by atoms with van der Waals surface area (Å²) in [6, 6.07) is 2.21. The van der Waals surface area contributed by atoms with Crippen molar-refractivity contribution in [2.75, 3.05) is 39.8 Å². The van der Waals surface area contributed by atoms with Gasteiger partial charge in [0.2, 0.25) is 15.9 Å². The van der Waals surface area contributed by atoms with Gasteiger partial charge in [0, 0.05) is 39.3 Å². The molecule has 130 valence electrons. The van der Waals surface area contributed by atoms with Crippen LogP contribution >= 0.6 is 12.4 Å². The lowest BCUT2D eigenvalue weighted by molar-refractivity contribution is -0.131. The number of hydrogen-bond acceptors (Lipinski definition) is 4. The van der Waals surface area contributed by atoms with E-state index in [-0.39, 0.29) is 24.9 Å². The molecule has 0 unspecified atom stereocenters. The zero-order valence-electron chi connectivity index (χ0n) is 12.5. The Labute approximate surface area is 139 Å². The second kappa shape index (κ2) is 8.00. The molecule has 1 amide bonds. The lowest BCUT2D eigenvalue weighted by Gasteiger charge is -2.29. The van der Waals surface area contributed by atoms with E-state index in [0.29, 0.717) is 32.2 Å². The third-order valence-electron chi connectivity index (χ3n) is 3.41. The largest absolute Gasteiger partial charge is 0.339 e. The molecule has 1 aromatic rings. The van der Waals surface area contributed by atoms with Gasteiger partial charge in [-0.15, -0.1) is 12.4 Å². The standard InChI is InChI=1S/C13H17F2N3O3S.ClH/c1-17(9-13(19)18-6-4-16-5-7-18)22(20,21)12-3-2-10(14)8-11(12)15;/h2-3,8,16H,4-7,9H2,1H3;1H. The van der Waals surface area contributed by atoms with E-state index >= 15 is 0 Å². The van der Waals surface area contributed by atoms with E-state index in [1.54, 1.807) is 4.90 Å². The number of amides is 1. The van der Waals surface area contributed by atoms with E-state index in [2.05, 4.69) is 5.32 Å². The topological polar surface area (TPSA) is 69.7 Å². The van der Waals surface area contributed by atoms with E-state index in [4.69, 9.17) is 0 Å². The predicted octanol–water partition coefficient (Wildman–Crippen LogP) is 0.439. The summed E-state index contributed by atoms with van der Waals surface area (Å²) < 4.78 is 51.8. The van der Waals surface area contributed by atoms with Crippen molar-refractivity contribution in [3.8, 4) is 0 Å². The molecule has 0 aromatic heterocycles. The minimum absolute atomic E-state index is 0. The normalized spacial score (nSPS) is 15.4. The van der Waals surface area contributed by atoms with Crippen LogP contribution in [0.25, 0.3) is 0 Å². The summed E-state index contributed by atoms with van der Waals surface area (Å²) in [5.41, 5.74) is 0. The molecule has 0 saturated carbocycles. The van der Waals surface area contributed by atoms with Crippen LogP contribution in [0.4, 0.5) is 8.78 Å². The van der Waals surface area contributed by atoms with Crippen LogP contribution in [0.2, 0.25) is 0 Å². The van der Waals surface area contributed by atoms with Crippen LogP contribution in [-0.4, -0.2) is 63.3 Å². The first-order valence-electron chi connectivity index (χ1n) is 6.72. The number of likely N-dealkylation sites (N-methyl/N-ethyl adjacent to an activating group) is 1. The van der Waals surface area contributed by atoms with Crippen LogP contribution in [0, 0.1) is 11.6 Å². The Morgan fingerprint density at radius 2 is 1.91 bits per heavy atom. The molecule has 0 aliphatic carbocycles. The maximum Gasteiger partial charge on any atom is 0.246 e. The van der Waals surface area contributed by atoms with Crippen molar-refractivity contribution in [1.29, 1.82) is 0 Å². The summed E-state index contributed by atoms with van der Waals surface area (Å²) in [4.78, 5) is 13.0. The van der Waals surface area contributed by atoms with Crippen molar-refractivity contribution in [2.45, 2.75) is 4.90 Å². The third-order valence-corrected chi connectivity index (χ3v) is 5.25. The lowest BCUT2D eigenvalue weighted by Crippen LogP contribution is -2.49. The first-order chi connectivity index (χ1) is 10.3. The Bertz CT molecular complexity index is 666. The maximum absolute atomic E-state index is 13.6. The summed E-state index contributed by atoms with van der Waals surface area (Å²) in [6.07, 6.45) is 0. The molecule has 1 aliphatic rings. The molecule has 1 N–H and O–H groups in total. The molecule has 6 nitrogen and oxygen atoms in total. The van der Waals surface area contributed by atoms with Gasteiger partial charge in [-0.1, -0.05) is 0 Å². The maximum atomic E-state index is 13.6. The average molecular weight is 370 g/mol. The number of halogens is 3. The molecule has 10 heteroatoms. The van der Waals surface area contributed by atoms with Gasteiger partial charge in [-0.05, 0) is 12.1 Å². The minimum atomic E-state index is -4.19. The van der Waals surface area contributed by atoms with Gasteiger partial charge in [-0.25, -0.2) is 17.2 Å². The molecule has 0 bridgehead atoms. The van der Waals surface area contributed by atoms with Gasteiger partial charge in [0.15, 0.2) is 0 Å². The Morgan fingerprint density at radius 3 is 2.48 bits per heavy atom. The van der Waals surface area contributed by atoms with Crippen LogP contribution in [0.15, 0.2) is 23.1 Å². The number of carbonyl (C=O) groups is 1. The van der Waals surface area contributed by atoms with Crippen molar-refractivity contribution >= 4 is 28.3 Å². The summed E-state index contributed by atoms with van der Waals surface area (Å²) in [6.45, 7) is 1.90. The van der Waals surface area contributed by atoms with Crippen molar-refractivity contribution in [3.63, 3.8) is 0 Å². The van der Waals surface area contributed by atoms with Crippen LogP contribution in [0.5, 0.6) is 0 Å².